The van der Waals surface area contributed by atoms with Gasteiger partial charge in [0.05, 0.1) is 0 Å². The number of likely N-dealkylation sites (tertiary alicyclic amines) is 2. The van der Waals surface area contributed by atoms with Crippen LogP contribution in [0.4, 0.5) is 0 Å². The summed E-state index contributed by atoms with van der Waals surface area (Å²) in [5.74, 6) is -0.553. The molecule has 0 radical (unpaired) electrons. The van der Waals surface area contributed by atoms with Crippen molar-refractivity contribution in [3.8, 4) is 0 Å². The van der Waals surface area contributed by atoms with Crippen LogP contribution in [0.15, 0.2) is 11.8 Å². The van der Waals surface area contributed by atoms with E-state index in [2.05, 4.69) is 0 Å². The van der Waals surface area contributed by atoms with E-state index in [0.717, 1.165) is 51.9 Å². The molecule has 92 valence electrons. The Morgan fingerprint density at radius 2 is 0.833 bits per heavy atom. The summed E-state index contributed by atoms with van der Waals surface area (Å²) in [7, 11) is 0. The van der Waals surface area contributed by atoms with Gasteiger partial charge < -0.3 is 20.0 Å². The standard InChI is InChI=1S/C12H22N2O2.2Li/c15-11(13-7-3-1-4-8-13)12(16)14-9-5-2-6-10-14;;/h15-16H,1-10H2;;/q;2*+1/p-2. The molecular weight excluding hydrogens is 218 g/mol. The number of rotatable bonds is 2. The Balaban J connectivity index is 0.00000144. The topological polar surface area (TPSA) is 52.6 Å². The zero-order valence-corrected chi connectivity index (χ0v) is 11.8. The SMILES string of the molecule is [Li+].[Li+].[O-]C(=C([O-])N1CCCCC1)N1CCCCC1. The predicted molar refractivity (Wildman–Crippen MR) is 57.9 cm³/mol. The largest absolute Gasteiger partial charge is 1.00 e. The first-order valence-corrected chi connectivity index (χ1v) is 6.37. The van der Waals surface area contributed by atoms with Gasteiger partial charge in [0.15, 0.2) is 0 Å². The molecule has 0 aromatic carbocycles. The van der Waals surface area contributed by atoms with Gasteiger partial charge >= 0.3 is 37.7 Å². The second-order valence-electron chi connectivity index (χ2n) is 4.71. The fourth-order valence-corrected chi connectivity index (χ4v) is 2.46. The maximum Gasteiger partial charge on any atom is 1.00 e. The summed E-state index contributed by atoms with van der Waals surface area (Å²) in [6.45, 7) is 3.05. The van der Waals surface area contributed by atoms with Crippen molar-refractivity contribution >= 4 is 0 Å². The van der Waals surface area contributed by atoms with Crippen molar-refractivity contribution in [2.75, 3.05) is 26.2 Å². The van der Waals surface area contributed by atoms with Crippen molar-refractivity contribution in [3.63, 3.8) is 0 Å². The normalized spacial score (nSPS) is 21.6. The zero-order valence-electron chi connectivity index (χ0n) is 11.8. The van der Waals surface area contributed by atoms with Crippen molar-refractivity contribution in [2.24, 2.45) is 0 Å². The van der Waals surface area contributed by atoms with Gasteiger partial charge in [0, 0.05) is 26.2 Å². The third-order valence-corrected chi connectivity index (χ3v) is 3.47. The number of hydrogen-bond donors (Lipinski definition) is 0. The van der Waals surface area contributed by atoms with Crippen LogP contribution < -0.4 is 47.9 Å². The van der Waals surface area contributed by atoms with Crippen LogP contribution in [0, 0.1) is 0 Å². The van der Waals surface area contributed by atoms with Crippen LogP contribution in [-0.2, 0) is 0 Å². The van der Waals surface area contributed by atoms with Crippen LogP contribution in [-0.4, -0.2) is 36.0 Å². The average Bonchev–Trinajstić information content (AvgIpc) is 2.39. The quantitative estimate of drug-likeness (QED) is 0.355. The second-order valence-corrected chi connectivity index (χ2v) is 4.71. The summed E-state index contributed by atoms with van der Waals surface area (Å²) >= 11 is 0. The Morgan fingerprint density at radius 1 is 0.556 bits per heavy atom. The minimum Gasteiger partial charge on any atom is -0.860 e. The molecule has 2 heterocycles. The van der Waals surface area contributed by atoms with Crippen LogP contribution in [0.5, 0.6) is 0 Å². The van der Waals surface area contributed by atoms with Crippen LogP contribution in [0.3, 0.4) is 0 Å². The molecule has 2 aliphatic rings. The van der Waals surface area contributed by atoms with Crippen LogP contribution in [0.2, 0.25) is 0 Å². The summed E-state index contributed by atoms with van der Waals surface area (Å²) in [5.41, 5.74) is 0. The summed E-state index contributed by atoms with van der Waals surface area (Å²) in [5, 5.41) is 23.9. The van der Waals surface area contributed by atoms with E-state index in [1.165, 1.54) is 12.8 Å². The first-order valence-electron chi connectivity index (χ1n) is 6.37. The van der Waals surface area contributed by atoms with Gasteiger partial charge in [0.25, 0.3) is 0 Å². The van der Waals surface area contributed by atoms with E-state index in [-0.39, 0.29) is 49.5 Å². The van der Waals surface area contributed by atoms with E-state index in [9.17, 15) is 10.2 Å². The first-order chi connectivity index (χ1) is 7.79. The van der Waals surface area contributed by atoms with Crippen molar-refractivity contribution in [2.45, 2.75) is 38.5 Å². The van der Waals surface area contributed by atoms with Crippen molar-refractivity contribution in [1.82, 2.24) is 9.80 Å². The molecule has 0 atom stereocenters. The molecule has 2 fully saturated rings. The van der Waals surface area contributed by atoms with Gasteiger partial charge in [-0.05, 0) is 50.3 Å². The molecule has 2 rings (SSSR count). The molecule has 2 aliphatic heterocycles. The predicted octanol–water partition coefficient (Wildman–Crippen LogP) is -6.19. The Labute approximate surface area is 134 Å². The molecular formula is C12H20Li2N2O2. The smallest absolute Gasteiger partial charge is 0.860 e. The molecule has 0 bridgehead atoms. The Kier molecular flexibility index (Phi) is 9.17. The van der Waals surface area contributed by atoms with Gasteiger partial charge in [-0.2, -0.15) is 0 Å². The summed E-state index contributed by atoms with van der Waals surface area (Å²) in [4.78, 5) is 3.45. The van der Waals surface area contributed by atoms with Gasteiger partial charge in [-0.1, -0.05) is 0 Å². The molecule has 0 spiro atoms. The molecule has 18 heavy (non-hydrogen) atoms. The van der Waals surface area contributed by atoms with E-state index in [0.29, 0.717) is 0 Å². The first kappa shape index (κ1) is 18.1. The minimum atomic E-state index is -0.276. The molecule has 0 unspecified atom stereocenters. The van der Waals surface area contributed by atoms with Gasteiger partial charge in [-0.25, -0.2) is 0 Å². The number of nitrogens with zero attached hydrogens (tertiary/aromatic N) is 2. The fraction of sp³-hybridized carbons (Fsp3) is 0.833. The zero-order chi connectivity index (χ0) is 11.4. The van der Waals surface area contributed by atoms with E-state index in [4.69, 9.17) is 0 Å². The van der Waals surface area contributed by atoms with Crippen molar-refractivity contribution in [1.29, 1.82) is 0 Å². The molecule has 0 aliphatic carbocycles. The molecule has 0 aromatic heterocycles. The average molecular weight is 238 g/mol. The maximum atomic E-state index is 11.9. The Hall–Kier alpha value is 0.135. The van der Waals surface area contributed by atoms with Gasteiger partial charge in [-0.3, -0.25) is 0 Å². The van der Waals surface area contributed by atoms with Gasteiger partial charge in [0.2, 0.25) is 0 Å². The summed E-state index contributed by atoms with van der Waals surface area (Å²) < 4.78 is 0. The third kappa shape index (κ3) is 4.67. The van der Waals surface area contributed by atoms with E-state index in [1.807, 2.05) is 0 Å². The third-order valence-electron chi connectivity index (χ3n) is 3.47. The van der Waals surface area contributed by atoms with Gasteiger partial charge in [0.1, 0.15) is 0 Å². The second kappa shape index (κ2) is 9.10. The summed E-state index contributed by atoms with van der Waals surface area (Å²) in [6, 6.07) is 0. The van der Waals surface area contributed by atoms with Crippen LogP contribution >= 0.6 is 0 Å². The minimum absolute atomic E-state index is 0. The van der Waals surface area contributed by atoms with Crippen molar-refractivity contribution in [3.05, 3.63) is 11.8 Å². The van der Waals surface area contributed by atoms with E-state index in [1.54, 1.807) is 9.80 Å². The van der Waals surface area contributed by atoms with Crippen LogP contribution in [0.1, 0.15) is 38.5 Å². The molecule has 0 amide bonds. The molecule has 6 heteroatoms. The number of hydrogen-bond acceptors (Lipinski definition) is 4. The van der Waals surface area contributed by atoms with Gasteiger partial charge in [-0.15, -0.1) is 0 Å². The molecule has 0 saturated carbocycles. The van der Waals surface area contributed by atoms with Crippen LogP contribution in [0.25, 0.3) is 0 Å². The summed E-state index contributed by atoms with van der Waals surface area (Å²) in [6.07, 6.45) is 6.53. The molecule has 0 aromatic rings. The van der Waals surface area contributed by atoms with Crippen molar-refractivity contribution < 1.29 is 47.9 Å². The molecule has 4 nitrogen and oxygen atoms in total. The van der Waals surface area contributed by atoms with E-state index >= 15 is 0 Å². The van der Waals surface area contributed by atoms with E-state index < -0.39 is 0 Å². The molecule has 2 saturated heterocycles. The Bertz CT molecular complexity index is 237. The number of piperidine rings is 2. The molecule has 0 N–H and O–H groups in total. The Morgan fingerprint density at radius 3 is 1.11 bits per heavy atom. The fourth-order valence-electron chi connectivity index (χ4n) is 2.46. The maximum absolute atomic E-state index is 11.9. The monoisotopic (exact) mass is 238 g/mol.